The summed E-state index contributed by atoms with van der Waals surface area (Å²) in [7, 11) is 0. The minimum atomic E-state index is -0.443. The lowest BCUT2D eigenvalue weighted by Crippen LogP contribution is -2.63. The predicted octanol–water partition coefficient (Wildman–Crippen LogP) is 1.77. The molecule has 2 N–H and O–H groups in total. The van der Waals surface area contributed by atoms with Crippen LogP contribution in [-0.2, 0) is 9.59 Å². The van der Waals surface area contributed by atoms with Gasteiger partial charge in [-0.05, 0) is 36.6 Å². The molecule has 0 spiro atoms. The van der Waals surface area contributed by atoms with Gasteiger partial charge in [-0.3, -0.25) is 19.8 Å². The number of nitrogens with one attached hydrogen (secondary N) is 2. The molecule has 1 aromatic carbocycles. The van der Waals surface area contributed by atoms with E-state index in [0.717, 1.165) is 44.8 Å². The molecule has 4 rings (SSSR count). The van der Waals surface area contributed by atoms with Crippen molar-refractivity contribution in [2.75, 3.05) is 44.2 Å². The van der Waals surface area contributed by atoms with E-state index in [1.54, 1.807) is 0 Å². The van der Waals surface area contributed by atoms with E-state index >= 15 is 0 Å². The Labute approximate surface area is 166 Å². The topological polar surface area (TPSA) is 64.7 Å². The van der Waals surface area contributed by atoms with Crippen LogP contribution in [0.3, 0.4) is 0 Å². The van der Waals surface area contributed by atoms with Crippen LogP contribution in [0.2, 0.25) is 0 Å². The highest BCUT2D eigenvalue weighted by Crippen LogP contribution is 2.34. The Morgan fingerprint density at radius 3 is 2.43 bits per heavy atom. The first kappa shape index (κ1) is 20.7. The number of piperazine rings is 1. The van der Waals surface area contributed by atoms with E-state index < -0.39 is 5.92 Å². The molecule has 1 unspecified atom stereocenters. The van der Waals surface area contributed by atoms with Crippen molar-refractivity contribution in [1.82, 2.24) is 15.5 Å². The minimum Gasteiger partial charge on any atom is -0.366 e. The highest BCUT2D eigenvalue weighted by molar-refractivity contribution is 6.01. The third-order valence-electron chi connectivity index (χ3n) is 5.82. The van der Waals surface area contributed by atoms with Gasteiger partial charge in [-0.15, -0.1) is 0 Å². The van der Waals surface area contributed by atoms with Gasteiger partial charge in [0.05, 0.1) is 11.6 Å². The highest BCUT2D eigenvalue weighted by Gasteiger charge is 2.35. The van der Waals surface area contributed by atoms with E-state index in [2.05, 4.69) is 20.4 Å². The van der Waals surface area contributed by atoms with Crippen molar-refractivity contribution in [2.24, 2.45) is 0 Å². The summed E-state index contributed by atoms with van der Waals surface area (Å²) in [5.74, 6) is -1.30. The normalized spacial score (nSPS) is 23.6. The number of halogens is 1. The monoisotopic (exact) mass is 390 g/mol. The molecule has 0 aliphatic carbocycles. The van der Waals surface area contributed by atoms with Crippen LogP contribution in [0.15, 0.2) is 12.1 Å². The predicted molar refractivity (Wildman–Crippen MR) is 108 cm³/mol. The number of hydrogen-bond donors (Lipinski definition) is 2. The molecule has 3 aliphatic heterocycles. The first-order valence-corrected chi connectivity index (χ1v) is 10.4. The standard InChI is InChI=1S/C19H25FN4O2.C2H6/c1-12-8-17(24-10-13(11-24)23-6-4-21-5-7-23)16(20)9-15(12)14-2-3-18(25)22-19(14)26;1-2/h8-9,13-14,21H,2-7,10-11H2,1H3,(H,22,25,26);1-2H3. The Morgan fingerprint density at radius 2 is 1.79 bits per heavy atom. The van der Waals surface area contributed by atoms with Gasteiger partial charge in [-0.2, -0.15) is 0 Å². The number of rotatable bonds is 3. The van der Waals surface area contributed by atoms with Gasteiger partial charge in [0.1, 0.15) is 5.82 Å². The summed E-state index contributed by atoms with van der Waals surface area (Å²) in [6.45, 7) is 11.7. The maximum atomic E-state index is 14.8. The molecule has 154 valence electrons. The molecular weight excluding hydrogens is 359 g/mol. The first-order chi connectivity index (χ1) is 13.5. The summed E-state index contributed by atoms with van der Waals surface area (Å²) < 4.78 is 14.8. The number of carbonyl (C=O) groups excluding carboxylic acids is 2. The zero-order chi connectivity index (χ0) is 20.3. The van der Waals surface area contributed by atoms with Crippen LogP contribution in [0.4, 0.5) is 10.1 Å². The molecular formula is C21H31FN4O2. The van der Waals surface area contributed by atoms with Crippen LogP contribution < -0.4 is 15.5 Å². The van der Waals surface area contributed by atoms with E-state index in [-0.39, 0.29) is 17.6 Å². The fraction of sp³-hybridized carbons (Fsp3) is 0.619. The Morgan fingerprint density at radius 1 is 1.11 bits per heavy atom. The smallest absolute Gasteiger partial charge is 0.234 e. The third-order valence-corrected chi connectivity index (χ3v) is 5.82. The summed E-state index contributed by atoms with van der Waals surface area (Å²) in [4.78, 5) is 28.0. The van der Waals surface area contributed by atoms with Gasteiger partial charge in [-0.1, -0.05) is 13.8 Å². The summed E-state index contributed by atoms with van der Waals surface area (Å²) >= 11 is 0. The number of piperidine rings is 1. The van der Waals surface area contributed by atoms with Gasteiger partial charge < -0.3 is 10.2 Å². The molecule has 1 atom stereocenters. The molecule has 3 aliphatic rings. The molecule has 0 aromatic heterocycles. The van der Waals surface area contributed by atoms with Crippen molar-refractivity contribution < 1.29 is 14.0 Å². The van der Waals surface area contributed by atoms with Crippen molar-refractivity contribution in [3.05, 3.63) is 29.1 Å². The number of amides is 2. The highest BCUT2D eigenvalue weighted by atomic mass is 19.1. The average Bonchev–Trinajstić information content (AvgIpc) is 2.66. The van der Waals surface area contributed by atoms with Gasteiger partial charge in [0.2, 0.25) is 11.8 Å². The lowest BCUT2D eigenvalue weighted by molar-refractivity contribution is -0.134. The van der Waals surface area contributed by atoms with Gasteiger partial charge in [0.25, 0.3) is 0 Å². The largest absolute Gasteiger partial charge is 0.366 e. The molecule has 28 heavy (non-hydrogen) atoms. The molecule has 1 aromatic rings. The molecule has 3 fully saturated rings. The molecule has 7 heteroatoms. The SMILES string of the molecule is CC.Cc1cc(N2CC(N3CCNCC3)C2)c(F)cc1C1CCC(=O)NC1=O. The first-order valence-electron chi connectivity index (χ1n) is 10.4. The fourth-order valence-electron chi connectivity index (χ4n) is 4.22. The molecule has 3 heterocycles. The number of hydrogen-bond acceptors (Lipinski definition) is 5. The van der Waals surface area contributed by atoms with Crippen LogP contribution in [0.25, 0.3) is 0 Å². The fourth-order valence-corrected chi connectivity index (χ4v) is 4.22. The molecule has 0 saturated carbocycles. The third kappa shape index (κ3) is 4.20. The second-order valence-electron chi connectivity index (χ2n) is 7.51. The summed E-state index contributed by atoms with van der Waals surface area (Å²) in [5, 5.41) is 5.71. The lowest BCUT2D eigenvalue weighted by Gasteiger charge is -2.48. The Hall–Kier alpha value is -1.99. The molecule has 2 amide bonds. The zero-order valence-corrected chi connectivity index (χ0v) is 17.1. The Balaban J connectivity index is 0.00000109. The van der Waals surface area contributed by atoms with E-state index in [9.17, 15) is 14.0 Å². The number of nitrogens with zero attached hydrogens (tertiary/aromatic N) is 2. The Kier molecular flexibility index (Phi) is 6.67. The molecule has 3 saturated heterocycles. The van der Waals surface area contributed by atoms with Gasteiger partial charge >= 0.3 is 0 Å². The van der Waals surface area contributed by atoms with E-state index in [1.165, 1.54) is 6.07 Å². The number of anilines is 1. The van der Waals surface area contributed by atoms with Gasteiger partial charge in [0, 0.05) is 51.7 Å². The van der Waals surface area contributed by atoms with Crippen LogP contribution in [0, 0.1) is 12.7 Å². The summed E-state index contributed by atoms with van der Waals surface area (Å²) in [6.07, 6.45) is 0.747. The van der Waals surface area contributed by atoms with Crippen LogP contribution in [-0.4, -0.2) is 62.0 Å². The Bertz CT molecular complexity index is 727. The van der Waals surface area contributed by atoms with Gasteiger partial charge in [0.15, 0.2) is 0 Å². The van der Waals surface area contributed by atoms with E-state index in [0.29, 0.717) is 30.1 Å². The number of imide groups is 1. The quantitative estimate of drug-likeness (QED) is 0.771. The molecule has 6 nitrogen and oxygen atoms in total. The maximum Gasteiger partial charge on any atom is 0.234 e. The van der Waals surface area contributed by atoms with E-state index in [4.69, 9.17) is 0 Å². The number of benzene rings is 1. The summed E-state index contributed by atoms with van der Waals surface area (Å²) in [6, 6.07) is 3.83. The molecule has 0 radical (unpaired) electrons. The van der Waals surface area contributed by atoms with Crippen molar-refractivity contribution in [1.29, 1.82) is 0 Å². The van der Waals surface area contributed by atoms with Crippen LogP contribution in [0.5, 0.6) is 0 Å². The van der Waals surface area contributed by atoms with E-state index in [1.807, 2.05) is 26.8 Å². The second kappa shape index (κ2) is 9.01. The zero-order valence-electron chi connectivity index (χ0n) is 17.1. The lowest BCUT2D eigenvalue weighted by atomic mass is 9.87. The summed E-state index contributed by atoms with van der Waals surface area (Å²) in [5.41, 5.74) is 2.21. The van der Waals surface area contributed by atoms with Crippen molar-refractivity contribution in [2.45, 2.75) is 45.6 Å². The maximum absolute atomic E-state index is 14.8. The van der Waals surface area contributed by atoms with Crippen LogP contribution >= 0.6 is 0 Å². The number of aryl methyl sites for hydroxylation is 1. The number of carbonyl (C=O) groups is 2. The van der Waals surface area contributed by atoms with Crippen molar-refractivity contribution in [3.63, 3.8) is 0 Å². The van der Waals surface area contributed by atoms with Gasteiger partial charge in [-0.25, -0.2) is 4.39 Å². The molecule has 0 bridgehead atoms. The van der Waals surface area contributed by atoms with Crippen LogP contribution in [0.1, 0.15) is 43.7 Å². The van der Waals surface area contributed by atoms with Crippen molar-refractivity contribution >= 4 is 17.5 Å². The minimum absolute atomic E-state index is 0.250. The van der Waals surface area contributed by atoms with Crippen molar-refractivity contribution in [3.8, 4) is 0 Å². The average molecular weight is 391 g/mol. The second-order valence-corrected chi connectivity index (χ2v) is 7.51.